The molecule has 0 aliphatic rings. The van der Waals surface area contributed by atoms with E-state index in [1.807, 2.05) is 30.3 Å². The second-order valence-electron chi connectivity index (χ2n) is 4.93. The number of para-hydroxylation sites is 2. The van der Waals surface area contributed by atoms with Crippen LogP contribution in [0.4, 0.5) is 0 Å². The van der Waals surface area contributed by atoms with Crippen LogP contribution < -0.4 is 10.9 Å². The van der Waals surface area contributed by atoms with Crippen LogP contribution >= 0.6 is 0 Å². The van der Waals surface area contributed by atoms with Gasteiger partial charge < -0.3 is 5.11 Å². The van der Waals surface area contributed by atoms with Crippen molar-refractivity contribution in [3.63, 3.8) is 0 Å². The Labute approximate surface area is 137 Å². The van der Waals surface area contributed by atoms with Crippen LogP contribution in [0.2, 0.25) is 0 Å². The summed E-state index contributed by atoms with van der Waals surface area (Å²) in [5, 5.41) is 13.7. The molecule has 0 bridgehead atoms. The van der Waals surface area contributed by atoms with E-state index in [0.717, 1.165) is 5.69 Å². The SMILES string of the molecule is O=C(NNC(=O)c1ccccc1O)c1cnn(-c2ccccc2)c1. The maximum atomic E-state index is 12.1. The van der Waals surface area contributed by atoms with Gasteiger partial charge >= 0.3 is 0 Å². The molecule has 2 aromatic carbocycles. The smallest absolute Gasteiger partial charge is 0.273 e. The van der Waals surface area contributed by atoms with E-state index in [1.165, 1.54) is 18.3 Å². The van der Waals surface area contributed by atoms with Gasteiger partial charge in [0.15, 0.2) is 0 Å². The number of hydrogen-bond donors (Lipinski definition) is 3. The van der Waals surface area contributed by atoms with Crippen LogP contribution in [0, 0.1) is 0 Å². The zero-order valence-electron chi connectivity index (χ0n) is 12.5. The number of hydrazine groups is 1. The van der Waals surface area contributed by atoms with E-state index in [0.29, 0.717) is 0 Å². The van der Waals surface area contributed by atoms with Gasteiger partial charge in [-0.1, -0.05) is 30.3 Å². The fourth-order valence-electron chi connectivity index (χ4n) is 2.08. The Hall–Kier alpha value is -3.61. The second-order valence-corrected chi connectivity index (χ2v) is 4.93. The van der Waals surface area contributed by atoms with Gasteiger partial charge in [0.25, 0.3) is 11.8 Å². The molecule has 0 spiro atoms. The van der Waals surface area contributed by atoms with Crippen molar-refractivity contribution in [2.75, 3.05) is 0 Å². The Kier molecular flexibility index (Phi) is 4.24. The van der Waals surface area contributed by atoms with Crippen molar-refractivity contribution in [2.24, 2.45) is 0 Å². The average Bonchev–Trinajstić information content (AvgIpc) is 3.11. The van der Waals surface area contributed by atoms with Crippen molar-refractivity contribution < 1.29 is 14.7 Å². The highest BCUT2D eigenvalue weighted by molar-refractivity contribution is 6.00. The Morgan fingerprint density at radius 1 is 0.917 bits per heavy atom. The minimum atomic E-state index is -0.614. The lowest BCUT2D eigenvalue weighted by molar-refractivity contribution is 0.0845. The number of hydrogen-bond acceptors (Lipinski definition) is 4. The molecule has 3 aromatic rings. The van der Waals surface area contributed by atoms with Gasteiger partial charge in [0, 0.05) is 6.20 Å². The van der Waals surface area contributed by atoms with Crippen LogP contribution in [0.3, 0.4) is 0 Å². The number of carbonyl (C=O) groups excluding carboxylic acids is 2. The van der Waals surface area contributed by atoms with E-state index in [-0.39, 0.29) is 16.9 Å². The largest absolute Gasteiger partial charge is 0.507 e. The summed E-state index contributed by atoms with van der Waals surface area (Å²) in [6.07, 6.45) is 2.95. The minimum absolute atomic E-state index is 0.0674. The zero-order valence-corrected chi connectivity index (χ0v) is 12.5. The first-order valence-electron chi connectivity index (χ1n) is 7.14. The molecule has 3 rings (SSSR count). The maximum Gasteiger partial charge on any atom is 0.273 e. The average molecular weight is 322 g/mol. The maximum absolute atomic E-state index is 12.1. The van der Waals surface area contributed by atoms with Crippen molar-refractivity contribution in [2.45, 2.75) is 0 Å². The zero-order chi connectivity index (χ0) is 16.9. The number of nitrogens with zero attached hydrogens (tertiary/aromatic N) is 2. The first-order chi connectivity index (χ1) is 11.6. The fraction of sp³-hybridized carbons (Fsp3) is 0. The summed E-state index contributed by atoms with van der Waals surface area (Å²) in [5.74, 6) is -1.29. The van der Waals surface area contributed by atoms with Crippen molar-refractivity contribution >= 4 is 11.8 Å². The van der Waals surface area contributed by atoms with Crippen molar-refractivity contribution in [3.05, 3.63) is 78.1 Å². The van der Waals surface area contributed by atoms with Crippen LogP contribution in [0.25, 0.3) is 5.69 Å². The Bertz CT molecular complexity index is 874. The van der Waals surface area contributed by atoms with Gasteiger partial charge in [-0.3, -0.25) is 20.4 Å². The molecule has 120 valence electrons. The van der Waals surface area contributed by atoms with Gasteiger partial charge in [-0.05, 0) is 24.3 Å². The van der Waals surface area contributed by atoms with Crippen molar-refractivity contribution in [1.29, 1.82) is 0 Å². The number of nitrogens with one attached hydrogen (secondary N) is 2. The molecule has 0 saturated carbocycles. The second kappa shape index (κ2) is 6.66. The number of phenols is 1. The van der Waals surface area contributed by atoms with E-state index < -0.39 is 11.8 Å². The Balaban J connectivity index is 1.65. The highest BCUT2D eigenvalue weighted by Gasteiger charge is 2.13. The molecule has 0 unspecified atom stereocenters. The number of aromatic hydroxyl groups is 1. The number of carbonyl (C=O) groups is 2. The third-order valence-electron chi connectivity index (χ3n) is 3.30. The molecule has 1 heterocycles. The van der Waals surface area contributed by atoms with Gasteiger partial charge in [0.2, 0.25) is 0 Å². The Morgan fingerprint density at radius 3 is 2.33 bits per heavy atom. The third-order valence-corrected chi connectivity index (χ3v) is 3.30. The topological polar surface area (TPSA) is 96.2 Å². The first-order valence-corrected chi connectivity index (χ1v) is 7.14. The highest BCUT2D eigenvalue weighted by Crippen LogP contribution is 2.14. The molecule has 0 aliphatic heterocycles. The lowest BCUT2D eigenvalue weighted by atomic mass is 10.2. The van der Waals surface area contributed by atoms with Gasteiger partial charge in [-0.25, -0.2) is 4.68 Å². The molecule has 7 heteroatoms. The van der Waals surface area contributed by atoms with E-state index >= 15 is 0 Å². The lowest BCUT2D eigenvalue weighted by Crippen LogP contribution is -2.41. The third kappa shape index (κ3) is 3.25. The molecule has 24 heavy (non-hydrogen) atoms. The quantitative estimate of drug-likeness (QED) is 0.639. The number of aromatic nitrogens is 2. The molecule has 0 aliphatic carbocycles. The summed E-state index contributed by atoms with van der Waals surface area (Å²) >= 11 is 0. The molecular formula is C17H14N4O3. The van der Waals surface area contributed by atoms with Crippen LogP contribution in [0.15, 0.2) is 67.0 Å². The number of rotatable bonds is 3. The molecule has 0 fully saturated rings. The van der Waals surface area contributed by atoms with Gasteiger partial charge in [-0.2, -0.15) is 5.10 Å². The predicted octanol–water partition coefficient (Wildman–Crippen LogP) is 1.65. The summed E-state index contributed by atoms with van der Waals surface area (Å²) in [6.45, 7) is 0. The van der Waals surface area contributed by atoms with Gasteiger partial charge in [-0.15, -0.1) is 0 Å². The monoisotopic (exact) mass is 322 g/mol. The molecule has 0 saturated heterocycles. The number of benzene rings is 2. The molecule has 2 amide bonds. The van der Waals surface area contributed by atoms with Crippen LogP contribution in [-0.2, 0) is 0 Å². The fourth-order valence-corrected chi connectivity index (χ4v) is 2.08. The van der Waals surface area contributed by atoms with E-state index in [4.69, 9.17) is 0 Å². The molecule has 0 atom stereocenters. The standard InChI is InChI=1S/C17H14N4O3/c22-15-9-5-4-8-14(15)17(24)20-19-16(23)12-10-18-21(11-12)13-6-2-1-3-7-13/h1-11,22H,(H,19,23)(H,20,24). The van der Waals surface area contributed by atoms with Crippen molar-refractivity contribution in [1.82, 2.24) is 20.6 Å². The van der Waals surface area contributed by atoms with Gasteiger partial charge in [0.05, 0.1) is 23.0 Å². The van der Waals surface area contributed by atoms with E-state index in [1.54, 1.807) is 23.0 Å². The summed E-state index contributed by atoms with van der Waals surface area (Å²) in [6, 6.07) is 15.4. The van der Waals surface area contributed by atoms with Crippen LogP contribution in [0.1, 0.15) is 20.7 Å². The molecule has 0 radical (unpaired) electrons. The summed E-state index contributed by atoms with van der Waals surface area (Å²) in [7, 11) is 0. The number of amides is 2. The van der Waals surface area contributed by atoms with Crippen molar-refractivity contribution in [3.8, 4) is 11.4 Å². The molecule has 7 nitrogen and oxygen atoms in total. The van der Waals surface area contributed by atoms with E-state index in [2.05, 4.69) is 16.0 Å². The molecular weight excluding hydrogens is 308 g/mol. The molecule has 3 N–H and O–H groups in total. The summed E-state index contributed by atoms with van der Waals surface area (Å²) in [5.41, 5.74) is 5.71. The first kappa shape index (κ1) is 15.3. The molecule has 1 aromatic heterocycles. The lowest BCUT2D eigenvalue weighted by Gasteiger charge is -2.07. The summed E-state index contributed by atoms with van der Waals surface area (Å²) in [4.78, 5) is 24.0. The number of phenolic OH excluding ortho intramolecular Hbond substituents is 1. The predicted molar refractivity (Wildman–Crippen MR) is 86.6 cm³/mol. The van der Waals surface area contributed by atoms with Crippen LogP contribution in [0.5, 0.6) is 5.75 Å². The summed E-state index contributed by atoms with van der Waals surface area (Å²) < 4.78 is 1.56. The van der Waals surface area contributed by atoms with E-state index in [9.17, 15) is 14.7 Å². The minimum Gasteiger partial charge on any atom is -0.507 e. The normalized spacial score (nSPS) is 10.2. The van der Waals surface area contributed by atoms with Gasteiger partial charge in [0.1, 0.15) is 5.75 Å². The highest BCUT2D eigenvalue weighted by atomic mass is 16.3. The van der Waals surface area contributed by atoms with Crippen LogP contribution in [-0.4, -0.2) is 26.7 Å². The Morgan fingerprint density at radius 2 is 1.58 bits per heavy atom.